The Bertz CT molecular complexity index is 919. The molecule has 0 bridgehead atoms. The van der Waals surface area contributed by atoms with Crippen molar-refractivity contribution in [3.05, 3.63) is 29.3 Å². The van der Waals surface area contributed by atoms with Crippen molar-refractivity contribution in [3.8, 4) is 0 Å². The van der Waals surface area contributed by atoms with Crippen LogP contribution in [0.2, 0.25) is 0 Å². The van der Waals surface area contributed by atoms with Crippen LogP contribution in [-0.4, -0.2) is 60.3 Å². The number of anilines is 1. The Balaban J connectivity index is 1.50. The van der Waals surface area contributed by atoms with Crippen molar-refractivity contribution in [2.75, 3.05) is 29.9 Å². The fourth-order valence-electron chi connectivity index (χ4n) is 4.43. The van der Waals surface area contributed by atoms with Crippen LogP contribution in [0.5, 0.6) is 0 Å². The first-order chi connectivity index (χ1) is 13.2. The van der Waals surface area contributed by atoms with E-state index >= 15 is 0 Å². The lowest BCUT2D eigenvalue weighted by atomic mass is 9.91. The molecule has 2 saturated heterocycles. The maximum atomic E-state index is 13.0. The number of carbonyl (C=O) groups excluding carboxylic acids is 1. The molecule has 6 nitrogen and oxygen atoms in total. The van der Waals surface area contributed by atoms with Crippen LogP contribution in [0.3, 0.4) is 0 Å². The number of nitrogens with zero attached hydrogens (tertiary/aromatic N) is 2. The average molecular weight is 422 g/mol. The predicted molar refractivity (Wildman–Crippen MR) is 115 cm³/mol. The van der Waals surface area contributed by atoms with Gasteiger partial charge in [0, 0.05) is 29.6 Å². The summed E-state index contributed by atoms with van der Waals surface area (Å²) >= 11 is 1.49. The van der Waals surface area contributed by atoms with E-state index in [9.17, 15) is 13.2 Å². The van der Waals surface area contributed by atoms with Gasteiger partial charge in [-0.3, -0.25) is 9.79 Å². The Morgan fingerprint density at radius 2 is 1.93 bits per heavy atom. The van der Waals surface area contributed by atoms with Crippen molar-refractivity contribution in [1.29, 1.82) is 0 Å². The number of aryl methyl sites for hydroxylation is 1. The molecule has 28 heavy (non-hydrogen) atoms. The van der Waals surface area contributed by atoms with Crippen molar-refractivity contribution < 1.29 is 13.2 Å². The van der Waals surface area contributed by atoms with Crippen LogP contribution in [0.25, 0.3) is 0 Å². The second-order valence-electron chi connectivity index (χ2n) is 8.55. The van der Waals surface area contributed by atoms with Gasteiger partial charge in [-0.2, -0.15) is 0 Å². The van der Waals surface area contributed by atoms with Crippen LogP contribution < -0.4 is 5.32 Å². The molecule has 2 fully saturated rings. The Morgan fingerprint density at radius 3 is 2.61 bits per heavy atom. The third-order valence-corrected chi connectivity index (χ3v) is 8.84. The quantitative estimate of drug-likeness (QED) is 0.794. The number of aliphatic imine (C=N–C) groups is 1. The number of likely N-dealkylation sites (tertiary alicyclic amines) is 1. The molecule has 152 valence electrons. The fraction of sp³-hybridized carbons (Fsp3) is 0.600. The van der Waals surface area contributed by atoms with Gasteiger partial charge in [0.2, 0.25) is 0 Å². The lowest BCUT2D eigenvalue weighted by Crippen LogP contribution is -2.42. The largest absolute Gasteiger partial charge is 0.338 e. The van der Waals surface area contributed by atoms with Gasteiger partial charge in [0.1, 0.15) is 0 Å². The van der Waals surface area contributed by atoms with Gasteiger partial charge in [0.25, 0.3) is 5.91 Å². The van der Waals surface area contributed by atoms with E-state index in [1.807, 2.05) is 30.0 Å². The molecule has 1 N–H and O–H groups in total. The highest BCUT2D eigenvalue weighted by Crippen LogP contribution is 2.35. The minimum Gasteiger partial charge on any atom is -0.338 e. The molecule has 0 aliphatic carbocycles. The maximum Gasteiger partial charge on any atom is 0.253 e. The SMILES string of the molecule is Cc1ccc(C(=O)N2C[C@H](C)C[C@H](C)C2)cc1NC1=N[C@H]2CS(=O)(=O)C[C@H]2S1. The van der Waals surface area contributed by atoms with Gasteiger partial charge < -0.3 is 10.2 Å². The number of amides is 1. The van der Waals surface area contributed by atoms with E-state index in [0.717, 1.165) is 29.5 Å². The number of hydrogen-bond acceptors (Lipinski definition) is 6. The topological polar surface area (TPSA) is 78.8 Å². The Labute approximate surface area is 171 Å². The lowest BCUT2D eigenvalue weighted by molar-refractivity contribution is 0.0623. The summed E-state index contributed by atoms with van der Waals surface area (Å²) in [5.74, 6) is 1.45. The zero-order chi connectivity index (χ0) is 20.1. The molecular formula is C20H27N3O3S2. The molecule has 1 amide bonds. The Kier molecular flexibility index (Phi) is 5.20. The summed E-state index contributed by atoms with van der Waals surface area (Å²) in [6, 6.07) is 5.59. The summed E-state index contributed by atoms with van der Waals surface area (Å²) in [6.07, 6.45) is 1.17. The van der Waals surface area contributed by atoms with Gasteiger partial charge in [-0.1, -0.05) is 31.7 Å². The predicted octanol–water partition coefficient (Wildman–Crippen LogP) is 2.79. The summed E-state index contributed by atoms with van der Waals surface area (Å²) in [6.45, 7) is 8.00. The van der Waals surface area contributed by atoms with Crippen LogP contribution >= 0.6 is 11.8 Å². The van der Waals surface area contributed by atoms with Crippen LogP contribution in [0.15, 0.2) is 23.2 Å². The maximum absolute atomic E-state index is 13.0. The molecule has 0 radical (unpaired) electrons. The third-order valence-electron chi connectivity index (χ3n) is 5.70. The first-order valence-electron chi connectivity index (χ1n) is 9.82. The minimum absolute atomic E-state index is 0.00828. The number of fused-ring (bicyclic) bond motifs is 1. The zero-order valence-corrected chi connectivity index (χ0v) is 18.1. The van der Waals surface area contributed by atoms with E-state index in [1.54, 1.807) is 0 Å². The number of rotatable bonds is 2. The van der Waals surface area contributed by atoms with Crippen molar-refractivity contribution in [3.63, 3.8) is 0 Å². The number of piperidine rings is 1. The number of amidine groups is 1. The van der Waals surface area contributed by atoms with Crippen molar-refractivity contribution in [2.24, 2.45) is 16.8 Å². The molecule has 1 aromatic carbocycles. The van der Waals surface area contributed by atoms with E-state index in [1.165, 1.54) is 18.2 Å². The molecule has 0 unspecified atom stereocenters. The van der Waals surface area contributed by atoms with Crippen molar-refractivity contribution >= 4 is 38.4 Å². The summed E-state index contributed by atoms with van der Waals surface area (Å²) in [4.78, 5) is 19.5. The fourth-order valence-corrected chi connectivity index (χ4v) is 8.10. The molecule has 3 aliphatic heterocycles. The molecule has 8 heteroatoms. The summed E-state index contributed by atoms with van der Waals surface area (Å²) < 4.78 is 23.5. The molecule has 4 atom stereocenters. The van der Waals surface area contributed by atoms with E-state index in [4.69, 9.17) is 0 Å². The highest BCUT2D eigenvalue weighted by Gasteiger charge is 2.42. The number of thioether (sulfide) groups is 1. The van der Waals surface area contributed by atoms with Gasteiger partial charge in [-0.15, -0.1) is 0 Å². The number of carbonyl (C=O) groups is 1. The van der Waals surface area contributed by atoms with Crippen LogP contribution in [0.4, 0.5) is 5.69 Å². The Morgan fingerprint density at radius 1 is 1.21 bits per heavy atom. The van der Waals surface area contributed by atoms with E-state index in [2.05, 4.69) is 24.2 Å². The summed E-state index contributed by atoms with van der Waals surface area (Å²) in [5.41, 5.74) is 2.57. The van der Waals surface area contributed by atoms with Crippen LogP contribution in [-0.2, 0) is 9.84 Å². The smallest absolute Gasteiger partial charge is 0.253 e. The molecule has 4 rings (SSSR count). The van der Waals surface area contributed by atoms with Gasteiger partial charge in [-0.25, -0.2) is 8.42 Å². The Hall–Kier alpha value is -1.54. The molecule has 0 spiro atoms. The van der Waals surface area contributed by atoms with E-state index < -0.39 is 9.84 Å². The monoisotopic (exact) mass is 421 g/mol. The van der Waals surface area contributed by atoms with Crippen LogP contribution in [0, 0.1) is 18.8 Å². The number of hydrogen-bond donors (Lipinski definition) is 1. The second kappa shape index (κ2) is 7.37. The normalized spacial score (nSPS) is 31.4. The van der Waals surface area contributed by atoms with E-state index in [0.29, 0.717) is 17.4 Å². The molecule has 3 aliphatic rings. The van der Waals surface area contributed by atoms with Crippen molar-refractivity contribution in [1.82, 2.24) is 4.90 Å². The standard InChI is InChI=1S/C20H27N3O3S2/c1-12-6-13(2)9-23(8-12)19(24)15-5-4-14(3)16(7-15)21-20-22-17-10-28(25,26)11-18(17)27-20/h4-5,7,12-13,17-18H,6,8-11H2,1-3H3,(H,21,22)/t12-,13+,17-,18+/m0/s1. The first kappa shape index (κ1) is 19.8. The second-order valence-corrected chi connectivity index (χ2v) is 11.9. The highest BCUT2D eigenvalue weighted by molar-refractivity contribution is 8.15. The number of benzene rings is 1. The molecule has 3 heterocycles. The summed E-state index contributed by atoms with van der Waals surface area (Å²) in [5, 5.41) is 4.08. The number of sulfone groups is 1. The van der Waals surface area contributed by atoms with Gasteiger partial charge >= 0.3 is 0 Å². The average Bonchev–Trinajstić information content (AvgIpc) is 3.08. The molecule has 1 aromatic rings. The molecule has 0 saturated carbocycles. The van der Waals surface area contributed by atoms with Gasteiger partial charge in [0.05, 0.1) is 17.5 Å². The number of nitrogens with one attached hydrogen (secondary N) is 1. The molecular weight excluding hydrogens is 394 g/mol. The highest BCUT2D eigenvalue weighted by atomic mass is 32.2. The van der Waals surface area contributed by atoms with Crippen LogP contribution in [0.1, 0.15) is 36.2 Å². The minimum atomic E-state index is -2.96. The van der Waals surface area contributed by atoms with E-state index in [-0.39, 0.29) is 28.7 Å². The third kappa shape index (κ3) is 4.08. The van der Waals surface area contributed by atoms with Gasteiger partial charge in [-0.05, 0) is 42.9 Å². The lowest BCUT2D eigenvalue weighted by Gasteiger charge is -2.35. The van der Waals surface area contributed by atoms with Crippen molar-refractivity contribution in [2.45, 2.75) is 38.5 Å². The first-order valence-corrected chi connectivity index (χ1v) is 12.5. The molecule has 0 aromatic heterocycles. The van der Waals surface area contributed by atoms with Gasteiger partial charge in [0.15, 0.2) is 15.0 Å². The zero-order valence-electron chi connectivity index (χ0n) is 16.5. The summed E-state index contributed by atoms with van der Waals surface area (Å²) in [7, 11) is -2.96.